The average Bonchev–Trinajstić information content (AvgIpc) is 2.60. The molecule has 0 unspecified atom stereocenters. The third-order valence-corrected chi connectivity index (χ3v) is 5.53. The van der Waals surface area contributed by atoms with Gasteiger partial charge in [-0.2, -0.15) is 5.26 Å². The minimum absolute atomic E-state index is 0.233. The van der Waals surface area contributed by atoms with E-state index in [0.29, 0.717) is 6.04 Å². The molecule has 3 nitrogen and oxygen atoms in total. The van der Waals surface area contributed by atoms with Gasteiger partial charge in [-0.3, -0.25) is 4.90 Å². The molecule has 1 saturated heterocycles. The summed E-state index contributed by atoms with van der Waals surface area (Å²) < 4.78 is 0. The fraction of sp³-hybridized carbons (Fsp3) is 0.643. The van der Waals surface area contributed by atoms with Crippen LogP contribution in [0.1, 0.15) is 42.7 Å². The molecule has 2 aliphatic rings. The van der Waals surface area contributed by atoms with Gasteiger partial charge in [-0.15, -0.1) is 11.3 Å². The van der Waals surface area contributed by atoms with Crippen molar-refractivity contribution < 1.29 is 0 Å². The zero-order valence-electron chi connectivity index (χ0n) is 11.0. The van der Waals surface area contributed by atoms with Crippen molar-refractivity contribution in [3.05, 3.63) is 16.0 Å². The number of anilines is 1. The maximum atomic E-state index is 9.35. The highest BCUT2D eigenvalue weighted by Gasteiger charge is 2.49. The van der Waals surface area contributed by atoms with Gasteiger partial charge < -0.3 is 5.73 Å². The lowest BCUT2D eigenvalue weighted by atomic mass is 9.65. The van der Waals surface area contributed by atoms with Crippen molar-refractivity contribution in [3.63, 3.8) is 0 Å². The molecule has 1 aromatic heterocycles. The van der Waals surface area contributed by atoms with E-state index in [9.17, 15) is 5.26 Å². The van der Waals surface area contributed by atoms with E-state index in [4.69, 9.17) is 5.73 Å². The van der Waals surface area contributed by atoms with Gasteiger partial charge in [0, 0.05) is 29.4 Å². The number of nitriles is 1. The summed E-state index contributed by atoms with van der Waals surface area (Å²) in [5.74, 6) is 0. The Bertz CT molecular complexity index is 518. The van der Waals surface area contributed by atoms with Crippen LogP contribution in [-0.2, 0) is 11.8 Å². The van der Waals surface area contributed by atoms with E-state index in [1.54, 1.807) is 11.3 Å². The van der Waals surface area contributed by atoms with Crippen LogP contribution >= 0.6 is 11.3 Å². The van der Waals surface area contributed by atoms with Gasteiger partial charge >= 0.3 is 0 Å². The summed E-state index contributed by atoms with van der Waals surface area (Å²) in [5, 5.41) is 10.1. The van der Waals surface area contributed by atoms with Crippen molar-refractivity contribution >= 4 is 16.3 Å². The molecule has 96 valence electrons. The van der Waals surface area contributed by atoms with Crippen LogP contribution in [0.3, 0.4) is 0 Å². The minimum atomic E-state index is 0.233. The van der Waals surface area contributed by atoms with E-state index in [-0.39, 0.29) is 5.41 Å². The molecule has 3 rings (SSSR count). The number of nitrogens with two attached hydrogens (primary N) is 1. The largest absolute Gasteiger partial charge is 0.389 e. The van der Waals surface area contributed by atoms with Crippen molar-refractivity contribution in [3.8, 4) is 6.07 Å². The Hall–Kier alpha value is -1.05. The first-order valence-electron chi connectivity index (χ1n) is 6.63. The van der Waals surface area contributed by atoms with Gasteiger partial charge in [-0.25, -0.2) is 0 Å². The van der Waals surface area contributed by atoms with Gasteiger partial charge in [0.25, 0.3) is 0 Å². The third kappa shape index (κ3) is 1.51. The summed E-state index contributed by atoms with van der Waals surface area (Å²) in [4.78, 5) is 3.86. The summed E-state index contributed by atoms with van der Waals surface area (Å²) >= 11 is 1.64. The molecule has 1 aliphatic heterocycles. The summed E-state index contributed by atoms with van der Waals surface area (Å²) in [7, 11) is 0. The highest BCUT2D eigenvalue weighted by Crippen LogP contribution is 2.50. The van der Waals surface area contributed by atoms with Gasteiger partial charge in [0.15, 0.2) is 0 Å². The van der Waals surface area contributed by atoms with E-state index >= 15 is 0 Å². The summed E-state index contributed by atoms with van der Waals surface area (Å²) in [6.45, 7) is 6.68. The molecule has 4 heteroatoms. The van der Waals surface area contributed by atoms with Crippen LogP contribution < -0.4 is 5.73 Å². The molecular formula is C14H19N3S. The van der Waals surface area contributed by atoms with Crippen LogP contribution in [0.5, 0.6) is 0 Å². The topological polar surface area (TPSA) is 53.0 Å². The zero-order chi connectivity index (χ0) is 12.9. The predicted molar refractivity (Wildman–Crippen MR) is 74.8 cm³/mol. The molecular weight excluding hydrogens is 242 g/mol. The van der Waals surface area contributed by atoms with Gasteiger partial charge in [-0.05, 0) is 38.7 Å². The first-order valence-corrected chi connectivity index (χ1v) is 7.45. The third-order valence-electron chi connectivity index (χ3n) is 4.45. The van der Waals surface area contributed by atoms with Crippen molar-refractivity contribution in [1.82, 2.24) is 4.90 Å². The number of likely N-dealkylation sites (tertiary alicyclic amines) is 1. The zero-order valence-corrected chi connectivity index (χ0v) is 11.8. The smallest absolute Gasteiger partial charge is 0.104 e. The number of nitrogens with zero attached hydrogens (tertiary/aromatic N) is 2. The Morgan fingerprint density at radius 1 is 1.44 bits per heavy atom. The van der Waals surface area contributed by atoms with Crippen molar-refractivity contribution in [2.45, 2.75) is 44.6 Å². The molecule has 0 aromatic carbocycles. The number of hydrogen-bond donors (Lipinski definition) is 1. The van der Waals surface area contributed by atoms with E-state index in [1.165, 1.54) is 23.3 Å². The number of aryl methyl sites for hydroxylation is 1. The fourth-order valence-corrected chi connectivity index (χ4v) is 4.65. The SMILES string of the molecule is CC(C)N1CC2(CCCc3sc(N)c(C#N)c32)C1. The number of hydrogen-bond acceptors (Lipinski definition) is 4. The van der Waals surface area contributed by atoms with E-state index in [2.05, 4.69) is 24.8 Å². The van der Waals surface area contributed by atoms with Gasteiger partial charge in [0.05, 0.1) is 5.56 Å². The molecule has 1 aromatic rings. The van der Waals surface area contributed by atoms with E-state index in [1.807, 2.05) is 0 Å². The van der Waals surface area contributed by atoms with Crippen LogP contribution in [0.4, 0.5) is 5.00 Å². The van der Waals surface area contributed by atoms with Crippen molar-refractivity contribution in [2.24, 2.45) is 0 Å². The number of nitrogen functional groups attached to an aromatic ring is 1. The molecule has 0 radical (unpaired) electrons. The maximum Gasteiger partial charge on any atom is 0.104 e. The molecule has 1 aliphatic carbocycles. The Balaban J connectivity index is 2.01. The summed E-state index contributed by atoms with van der Waals surface area (Å²) in [5.41, 5.74) is 8.32. The average molecular weight is 261 g/mol. The number of fused-ring (bicyclic) bond motifs is 2. The van der Waals surface area contributed by atoms with Gasteiger partial charge in [0.2, 0.25) is 0 Å². The Morgan fingerprint density at radius 3 is 2.78 bits per heavy atom. The Morgan fingerprint density at radius 2 is 2.17 bits per heavy atom. The van der Waals surface area contributed by atoms with Crippen LogP contribution in [0, 0.1) is 11.3 Å². The molecule has 0 saturated carbocycles. The van der Waals surface area contributed by atoms with Crippen LogP contribution in [0.15, 0.2) is 0 Å². The first kappa shape index (κ1) is 12.0. The van der Waals surface area contributed by atoms with Crippen molar-refractivity contribution in [2.75, 3.05) is 18.8 Å². The maximum absolute atomic E-state index is 9.35. The van der Waals surface area contributed by atoms with E-state index < -0.39 is 0 Å². The molecule has 1 fully saturated rings. The Labute approximate surface area is 112 Å². The first-order chi connectivity index (χ1) is 8.57. The summed E-state index contributed by atoms with van der Waals surface area (Å²) in [6, 6.07) is 2.94. The highest BCUT2D eigenvalue weighted by atomic mass is 32.1. The monoisotopic (exact) mass is 261 g/mol. The Kier molecular flexibility index (Phi) is 2.65. The molecule has 2 heterocycles. The lowest BCUT2D eigenvalue weighted by Gasteiger charge is -2.54. The molecule has 0 atom stereocenters. The number of thiophene rings is 1. The lowest BCUT2D eigenvalue weighted by Crippen LogP contribution is -2.62. The molecule has 2 N–H and O–H groups in total. The second kappa shape index (κ2) is 3.97. The number of rotatable bonds is 1. The van der Waals surface area contributed by atoms with Crippen LogP contribution in [0.25, 0.3) is 0 Å². The molecule has 1 spiro atoms. The normalized spacial score (nSPS) is 21.7. The molecule has 0 bridgehead atoms. The molecule has 18 heavy (non-hydrogen) atoms. The highest BCUT2D eigenvalue weighted by molar-refractivity contribution is 7.16. The van der Waals surface area contributed by atoms with Gasteiger partial charge in [0.1, 0.15) is 11.1 Å². The van der Waals surface area contributed by atoms with Gasteiger partial charge in [-0.1, -0.05) is 0 Å². The lowest BCUT2D eigenvalue weighted by molar-refractivity contribution is 0.0256. The summed E-state index contributed by atoms with van der Waals surface area (Å²) in [6.07, 6.45) is 3.56. The van der Waals surface area contributed by atoms with E-state index in [0.717, 1.165) is 30.1 Å². The second-order valence-corrected chi connectivity index (χ2v) is 7.02. The quantitative estimate of drug-likeness (QED) is 0.845. The van der Waals surface area contributed by atoms with Crippen molar-refractivity contribution in [1.29, 1.82) is 5.26 Å². The predicted octanol–water partition coefficient (Wildman–Crippen LogP) is 2.50. The minimum Gasteiger partial charge on any atom is -0.389 e. The van der Waals surface area contributed by atoms with Crippen LogP contribution in [0.2, 0.25) is 0 Å². The standard InChI is InChI=1S/C14H19N3S/c1-9(2)17-7-14(8-17)5-3-4-11-12(14)10(6-15)13(16)18-11/h9H,3-5,7-8,16H2,1-2H3. The fourth-order valence-electron chi connectivity index (χ4n) is 3.47. The van der Waals surface area contributed by atoms with Crippen LogP contribution in [-0.4, -0.2) is 24.0 Å². The molecule has 0 amide bonds. The second-order valence-electron chi connectivity index (χ2n) is 5.88.